The van der Waals surface area contributed by atoms with Crippen LogP contribution in [0.1, 0.15) is 35.6 Å². The van der Waals surface area contributed by atoms with Gasteiger partial charge in [0, 0.05) is 12.5 Å². The number of benzene rings is 2. The third kappa shape index (κ3) is 3.07. The number of nitrogens with two attached hydrogens (primary N) is 1. The maximum atomic E-state index is 13.4. The molecule has 136 valence electrons. The van der Waals surface area contributed by atoms with Crippen LogP contribution in [0.25, 0.3) is 0 Å². The smallest absolute Gasteiger partial charge is 0.410 e. The highest BCUT2D eigenvalue weighted by molar-refractivity contribution is 5.70. The van der Waals surface area contributed by atoms with Crippen molar-refractivity contribution in [3.63, 3.8) is 0 Å². The van der Waals surface area contributed by atoms with E-state index in [0.717, 1.165) is 30.4 Å². The van der Waals surface area contributed by atoms with Gasteiger partial charge in [-0.2, -0.15) is 0 Å². The van der Waals surface area contributed by atoms with Gasteiger partial charge in [0.1, 0.15) is 11.9 Å². The summed E-state index contributed by atoms with van der Waals surface area (Å²) in [6, 6.07) is 14.2. The molecule has 4 rings (SSSR count). The lowest BCUT2D eigenvalue weighted by Gasteiger charge is -2.40. The molecular weight excluding hydrogens is 331 g/mol. The Labute approximate surface area is 152 Å². The molecule has 1 heterocycles. The quantitative estimate of drug-likeness (QED) is 0.915. The van der Waals surface area contributed by atoms with Crippen molar-refractivity contribution in [1.82, 2.24) is 4.90 Å². The van der Waals surface area contributed by atoms with E-state index in [1.807, 2.05) is 18.2 Å². The molecular formula is C21H23FN2O2. The summed E-state index contributed by atoms with van der Waals surface area (Å²) in [7, 11) is 0. The molecule has 2 aliphatic rings. The average Bonchev–Trinajstić information content (AvgIpc) is 2.65. The fraction of sp³-hybridized carbons (Fsp3) is 0.381. The lowest BCUT2D eigenvalue weighted by Crippen LogP contribution is -2.46. The number of ether oxygens (including phenoxy) is 1. The van der Waals surface area contributed by atoms with Crippen LogP contribution in [-0.2, 0) is 11.2 Å². The van der Waals surface area contributed by atoms with Gasteiger partial charge in [-0.05, 0) is 54.6 Å². The lowest BCUT2D eigenvalue weighted by atomic mass is 9.82. The van der Waals surface area contributed by atoms with E-state index in [9.17, 15) is 9.18 Å². The fourth-order valence-electron chi connectivity index (χ4n) is 3.93. The first kappa shape index (κ1) is 17.0. The Morgan fingerprint density at radius 3 is 2.62 bits per heavy atom. The van der Waals surface area contributed by atoms with E-state index >= 15 is 0 Å². The number of carbonyl (C=O) groups is 1. The molecule has 1 fully saturated rings. The summed E-state index contributed by atoms with van der Waals surface area (Å²) in [5.41, 5.74) is 8.91. The zero-order chi connectivity index (χ0) is 18.1. The summed E-state index contributed by atoms with van der Waals surface area (Å²) in [5.74, 6) is -0.0208. The molecule has 1 aliphatic heterocycles. The summed E-state index contributed by atoms with van der Waals surface area (Å²) in [5, 5.41) is 0. The van der Waals surface area contributed by atoms with Gasteiger partial charge in [-0.3, -0.25) is 4.90 Å². The van der Waals surface area contributed by atoms with Crippen LogP contribution in [0.5, 0.6) is 0 Å². The van der Waals surface area contributed by atoms with Crippen LogP contribution in [-0.4, -0.2) is 30.2 Å². The minimum atomic E-state index is -0.308. The van der Waals surface area contributed by atoms with Crippen molar-refractivity contribution < 1.29 is 13.9 Å². The van der Waals surface area contributed by atoms with Crippen molar-refractivity contribution in [2.24, 2.45) is 11.7 Å². The van der Waals surface area contributed by atoms with Crippen LogP contribution in [0.4, 0.5) is 9.18 Å². The first-order chi connectivity index (χ1) is 12.7. The number of carbonyl (C=O) groups excluding carboxylic acids is 1. The molecule has 0 saturated heterocycles. The van der Waals surface area contributed by atoms with Gasteiger partial charge in [0.05, 0.1) is 6.04 Å². The van der Waals surface area contributed by atoms with Gasteiger partial charge in [-0.15, -0.1) is 0 Å². The number of hydrogen-bond donors (Lipinski definition) is 1. The molecule has 1 amide bonds. The first-order valence-electron chi connectivity index (χ1n) is 9.18. The van der Waals surface area contributed by atoms with E-state index in [1.165, 1.54) is 17.7 Å². The van der Waals surface area contributed by atoms with Gasteiger partial charge in [-0.1, -0.05) is 36.4 Å². The number of halogens is 1. The molecule has 0 bridgehead atoms. The van der Waals surface area contributed by atoms with Crippen LogP contribution in [0.3, 0.4) is 0 Å². The third-order valence-corrected chi connectivity index (χ3v) is 5.61. The molecule has 2 aromatic rings. The highest BCUT2D eigenvalue weighted by Crippen LogP contribution is 2.37. The number of rotatable bonds is 3. The minimum Gasteiger partial charge on any atom is -0.446 e. The molecule has 1 aliphatic carbocycles. The van der Waals surface area contributed by atoms with Crippen molar-refractivity contribution in [2.45, 2.75) is 31.4 Å². The van der Waals surface area contributed by atoms with Crippen LogP contribution in [0.15, 0.2) is 48.5 Å². The van der Waals surface area contributed by atoms with Crippen molar-refractivity contribution in [3.8, 4) is 0 Å². The molecule has 0 radical (unpaired) electrons. The van der Waals surface area contributed by atoms with Gasteiger partial charge < -0.3 is 10.5 Å². The molecule has 1 saturated carbocycles. The highest BCUT2D eigenvalue weighted by atomic mass is 19.1. The topological polar surface area (TPSA) is 55.6 Å². The summed E-state index contributed by atoms with van der Waals surface area (Å²) in [4.78, 5) is 14.7. The average molecular weight is 354 g/mol. The molecule has 0 aromatic heterocycles. The Morgan fingerprint density at radius 2 is 1.92 bits per heavy atom. The van der Waals surface area contributed by atoms with E-state index in [1.54, 1.807) is 17.0 Å². The van der Waals surface area contributed by atoms with Gasteiger partial charge in [-0.25, -0.2) is 9.18 Å². The number of fused-ring (bicyclic) bond motifs is 1. The van der Waals surface area contributed by atoms with Crippen LogP contribution in [0.2, 0.25) is 0 Å². The van der Waals surface area contributed by atoms with Gasteiger partial charge >= 0.3 is 6.09 Å². The second kappa shape index (κ2) is 7.08. The molecule has 2 N–H and O–H groups in total. The Kier molecular flexibility index (Phi) is 4.64. The zero-order valence-electron chi connectivity index (χ0n) is 14.6. The second-order valence-electron chi connectivity index (χ2n) is 7.09. The summed E-state index contributed by atoms with van der Waals surface area (Å²) < 4.78 is 19.1. The van der Waals surface area contributed by atoms with Crippen molar-refractivity contribution >= 4 is 6.09 Å². The van der Waals surface area contributed by atoms with Crippen LogP contribution >= 0.6 is 0 Å². The zero-order valence-corrected chi connectivity index (χ0v) is 14.6. The fourth-order valence-corrected chi connectivity index (χ4v) is 3.93. The third-order valence-electron chi connectivity index (χ3n) is 5.61. The largest absolute Gasteiger partial charge is 0.446 e. The highest BCUT2D eigenvalue weighted by Gasteiger charge is 2.38. The Hall–Kier alpha value is -2.40. The summed E-state index contributed by atoms with van der Waals surface area (Å²) in [6.45, 7) is 1.13. The van der Waals surface area contributed by atoms with Gasteiger partial charge in [0.25, 0.3) is 0 Å². The molecule has 4 nitrogen and oxygen atoms in total. The Morgan fingerprint density at radius 1 is 1.15 bits per heavy atom. The van der Waals surface area contributed by atoms with Crippen molar-refractivity contribution in [3.05, 3.63) is 71.0 Å². The molecule has 0 spiro atoms. The van der Waals surface area contributed by atoms with Crippen LogP contribution in [0, 0.1) is 11.7 Å². The van der Waals surface area contributed by atoms with Crippen molar-refractivity contribution in [1.29, 1.82) is 0 Å². The molecule has 26 heavy (non-hydrogen) atoms. The summed E-state index contributed by atoms with van der Waals surface area (Å²) >= 11 is 0. The predicted molar refractivity (Wildman–Crippen MR) is 97.1 cm³/mol. The number of hydrogen-bond acceptors (Lipinski definition) is 3. The van der Waals surface area contributed by atoms with Crippen LogP contribution < -0.4 is 5.73 Å². The van der Waals surface area contributed by atoms with E-state index in [4.69, 9.17) is 10.5 Å². The maximum absolute atomic E-state index is 13.4. The second-order valence-corrected chi connectivity index (χ2v) is 7.09. The molecule has 2 aromatic carbocycles. The van der Waals surface area contributed by atoms with E-state index < -0.39 is 0 Å². The lowest BCUT2D eigenvalue weighted by molar-refractivity contribution is -0.0165. The Balaban J connectivity index is 1.64. The van der Waals surface area contributed by atoms with Gasteiger partial charge in [0.2, 0.25) is 0 Å². The monoisotopic (exact) mass is 354 g/mol. The normalized spacial score (nSPS) is 24.5. The Bertz CT molecular complexity index is 791. The maximum Gasteiger partial charge on any atom is 0.410 e. The van der Waals surface area contributed by atoms with E-state index in [-0.39, 0.29) is 30.0 Å². The SMILES string of the molecule is NC[C@@H]1CC[C@@H]1OC(=O)N1CCc2ccccc2[C@@H]1c1ccc(F)cc1. The van der Waals surface area contributed by atoms with Crippen molar-refractivity contribution in [2.75, 3.05) is 13.1 Å². The first-order valence-corrected chi connectivity index (χ1v) is 9.18. The molecule has 5 heteroatoms. The summed E-state index contributed by atoms with van der Waals surface area (Å²) in [6.07, 6.45) is 2.28. The molecule has 3 atom stereocenters. The minimum absolute atomic E-state index is 0.0847. The van der Waals surface area contributed by atoms with E-state index in [2.05, 4.69) is 6.07 Å². The number of nitrogens with zero attached hydrogens (tertiary/aromatic N) is 1. The standard InChI is InChI=1S/C21H23FN2O2/c22-17-8-5-15(6-9-17)20-18-4-2-1-3-14(18)11-12-24(20)21(25)26-19-10-7-16(19)13-23/h1-6,8-9,16,19-20H,7,10-13,23H2/t16-,19-,20-/m0/s1. The number of amides is 1. The molecule has 0 unspecified atom stereocenters. The van der Waals surface area contributed by atoms with E-state index in [0.29, 0.717) is 13.1 Å². The van der Waals surface area contributed by atoms with Gasteiger partial charge in [0.15, 0.2) is 0 Å². The predicted octanol–water partition coefficient (Wildman–Crippen LogP) is 3.65.